The number of aromatic nitrogens is 3. The van der Waals surface area contributed by atoms with Crippen LogP contribution in [0, 0.1) is 0 Å². The molecule has 0 spiro atoms. The van der Waals surface area contributed by atoms with Crippen molar-refractivity contribution in [3.05, 3.63) is 41.1 Å². The van der Waals surface area contributed by atoms with Gasteiger partial charge in [-0.25, -0.2) is 9.97 Å². The number of imidazole rings is 1. The Kier molecular flexibility index (Phi) is 6.11. The van der Waals surface area contributed by atoms with Crippen LogP contribution < -0.4 is 10.2 Å². The molecule has 1 amide bonds. The molecule has 2 aromatic rings. The number of rotatable bonds is 6. The lowest BCUT2D eigenvalue weighted by atomic mass is 10.0. The number of carbonyl (C=O) groups is 1. The lowest BCUT2D eigenvalue weighted by molar-refractivity contribution is 0.0270. The number of H-pyrrole nitrogens is 1. The maximum atomic E-state index is 12.6. The minimum atomic E-state index is -0.257. The van der Waals surface area contributed by atoms with Crippen LogP contribution in [0.5, 0.6) is 0 Å². The van der Waals surface area contributed by atoms with Gasteiger partial charge in [0.1, 0.15) is 5.82 Å². The van der Waals surface area contributed by atoms with E-state index in [9.17, 15) is 4.79 Å². The van der Waals surface area contributed by atoms with Gasteiger partial charge in [-0.2, -0.15) is 0 Å². The largest absolute Gasteiger partial charge is 0.375 e. The Hall–Kier alpha value is -2.12. The third kappa shape index (κ3) is 4.16. The number of pyridine rings is 1. The highest BCUT2D eigenvalue weighted by molar-refractivity contribution is 6.30. The second-order valence-electron chi connectivity index (χ2n) is 6.20. The van der Waals surface area contributed by atoms with E-state index in [0.29, 0.717) is 24.7 Å². The van der Waals surface area contributed by atoms with Gasteiger partial charge in [0.15, 0.2) is 11.0 Å². The molecule has 0 unspecified atom stereocenters. The van der Waals surface area contributed by atoms with E-state index in [1.165, 1.54) is 0 Å². The number of carbonyl (C=O) groups excluding carboxylic acids is 1. The number of aryl methyl sites for hydroxylation is 1. The van der Waals surface area contributed by atoms with Crippen LogP contribution in [0.2, 0.25) is 5.15 Å². The number of ether oxygens (including phenoxy) is 1. The first-order valence-corrected chi connectivity index (χ1v) is 9.33. The predicted octanol–water partition coefficient (Wildman–Crippen LogP) is 2.43. The van der Waals surface area contributed by atoms with Gasteiger partial charge in [-0.3, -0.25) is 4.79 Å². The molecule has 26 heavy (non-hydrogen) atoms. The Labute approximate surface area is 158 Å². The minimum absolute atomic E-state index is 0.0867. The fraction of sp³-hybridized carbons (Fsp3) is 0.500. The molecule has 7 nitrogen and oxygen atoms in total. The van der Waals surface area contributed by atoms with E-state index in [0.717, 1.165) is 24.5 Å². The molecule has 0 radical (unpaired) electrons. The lowest BCUT2D eigenvalue weighted by Gasteiger charge is -2.39. The van der Waals surface area contributed by atoms with Crippen molar-refractivity contribution in [1.82, 2.24) is 20.3 Å². The van der Waals surface area contributed by atoms with Crippen LogP contribution in [0.15, 0.2) is 24.4 Å². The van der Waals surface area contributed by atoms with Crippen LogP contribution in [-0.4, -0.2) is 52.7 Å². The number of halogens is 1. The molecular weight excluding hydrogens is 354 g/mol. The monoisotopic (exact) mass is 377 g/mol. The number of aromatic amines is 1. The Morgan fingerprint density at radius 1 is 1.46 bits per heavy atom. The summed E-state index contributed by atoms with van der Waals surface area (Å²) in [5, 5.41) is 3.39. The second-order valence-corrected chi connectivity index (χ2v) is 6.56. The molecule has 1 aliphatic rings. The van der Waals surface area contributed by atoms with Gasteiger partial charge in [-0.05, 0) is 31.9 Å². The van der Waals surface area contributed by atoms with E-state index in [4.69, 9.17) is 16.3 Å². The van der Waals surface area contributed by atoms with Gasteiger partial charge in [0.2, 0.25) is 0 Å². The molecule has 0 aliphatic carbocycles. The Bertz CT molecular complexity index is 736. The molecular formula is C18H24ClN5O2. The number of hydrogen-bond acceptors (Lipinski definition) is 5. The Morgan fingerprint density at radius 2 is 2.31 bits per heavy atom. The minimum Gasteiger partial charge on any atom is -0.375 e. The molecule has 2 aromatic heterocycles. The van der Waals surface area contributed by atoms with Crippen LogP contribution in [0.25, 0.3) is 0 Å². The average molecular weight is 378 g/mol. The quantitative estimate of drug-likeness (QED) is 0.807. The molecule has 1 saturated heterocycles. The fourth-order valence-electron chi connectivity index (χ4n) is 3.18. The third-order valence-electron chi connectivity index (χ3n) is 4.53. The smallest absolute Gasteiger partial charge is 0.287 e. The first-order chi connectivity index (χ1) is 12.6. The van der Waals surface area contributed by atoms with Crippen LogP contribution in [0.4, 0.5) is 5.82 Å². The van der Waals surface area contributed by atoms with Crippen LogP contribution in [0.1, 0.15) is 36.6 Å². The summed E-state index contributed by atoms with van der Waals surface area (Å²) in [6, 6.07) is 5.77. The zero-order valence-electron chi connectivity index (χ0n) is 15.0. The summed E-state index contributed by atoms with van der Waals surface area (Å²) in [4.78, 5) is 26.2. The summed E-state index contributed by atoms with van der Waals surface area (Å²) in [5.41, 5.74) is 0.767. The highest BCUT2D eigenvalue weighted by Crippen LogP contribution is 2.20. The zero-order chi connectivity index (χ0) is 18.5. The van der Waals surface area contributed by atoms with Crippen molar-refractivity contribution in [2.45, 2.75) is 38.8 Å². The third-order valence-corrected chi connectivity index (χ3v) is 4.84. The number of nitrogens with zero attached hydrogens (tertiary/aromatic N) is 3. The molecule has 0 bridgehead atoms. The normalized spacial score (nSPS) is 20.2. The number of amides is 1. The number of anilines is 1. The summed E-state index contributed by atoms with van der Waals surface area (Å²) < 4.78 is 5.89. The van der Waals surface area contributed by atoms with E-state index < -0.39 is 0 Å². The number of piperidine rings is 1. The van der Waals surface area contributed by atoms with Crippen LogP contribution in [0.3, 0.4) is 0 Å². The molecule has 0 aromatic carbocycles. The molecule has 1 fully saturated rings. The molecule has 2 N–H and O–H groups in total. The van der Waals surface area contributed by atoms with Crippen molar-refractivity contribution in [1.29, 1.82) is 0 Å². The van der Waals surface area contributed by atoms with Crippen molar-refractivity contribution in [3.8, 4) is 0 Å². The molecule has 3 heterocycles. The van der Waals surface area contributed by atoms with Crippen molar-refractivity contribution in [2.75, 3.05) is 24.6 Å². The van der Waals surface area contributed by atoms with Gasteiger partial charge in [0.25, 0.3) is 5.91 Å². The Balaban J connectivity index is 1.67. The van der Waals surface area contributed by atoms with E-state index in [-0.39, 0.29) is 23.9 Å². The van der Waals surface area contributed by atoms with E-state index in [1.54, 1.807) is 6.20 Å². The standard InChI is InChI=1S/C18H24ClN5O2/c1-3-12-16(19)23-17(21-12)18(25)22-13-8-10-24(11-14(13)26-4-2)15-7-5-6-9-20-15/h5-7,9,13-14H,3-4,8,10-11H2,1-2H3,(H,21,23)(H,22,25)/t13-,14+/m1/s1. The predicted molar refractivity (Wildman–Crippen MR) is 101 cm³/mol. The molecule has 140 valence electrons. The second kappa shape index (κ2) is 8.51. The molecule has 3 rings (SSSR count). The zero-order valence-corrected chi connectivity index (χ0v) is 15.8. The van der Waals surface area contributed by atoms with Gasteiger partial charge in [-0.15, -0.1) is 0 Å². The van der Waals surface area contributed by atoms with E-state index in [2.05, 4.69) is 25.2 Å². The molecule has 8 heteroatoms. The van der Waals surface area contributed by atoms with Gasteiger partial charge in [0, 0.05) is 25.9 Å². The molecule has 0 saturated carbocycles. The van der Waals surface area contributed by atoms with Crippen molar-refractivity contribution in [3.63, 3.8) is 0 Å². The topological polar surface area (TPSA) is 83.1 Å². The molecule has 1 aliphatic heterocycles. The molecule has 2 atom stereocenters. The Morgan fingerprint density at radius 3 is 2.96 bits per heavy atom. The summed E-state index contributed by atoms with van der Waals surface area (Å²) in [6.45, 7) is 5.97. The van der Waals surface area contributed by atoms with Crippen molar-refractivity contribution < 1.29 is 9.53 Å². The average Bonchev–Trinajstić information content (AvgIpc) is 3.05. The maximum absolute atomic E-state index is 12.6. The number of nitrogens with one attached hydrogen (secondary N) is 2. The van der Waals surface area contributed by atoms with Gasteiger partial charge in [-0.1, -0.05) is 24.6 Å². The first kappa shape index (κ1) is 18.7. The maximum Gasteiger partial charge on any atom is 0.287 e. The van der Waals surface area contributed by atoms with Crippen LogP contribution >= 0.6 is 11.6 Å². The lowest BCUT2D eigenvalue weighted by Crippen LogP contribution is -2.55. The SMILES string of the molecule is CCO[C@H]1CN(c2ccccn2)CC[C@H]1NC(=O)c1nc(Cl)c(CC)[nH]1. The van der Waals surface area contributed by atoms with Gasteiger partial charge >= 0.3 is 0 Å². The summed E-state index contributed by atoms with van der Waals surface area (Å²) in [6.07, 6.45) is 3.13. The highest BCUT2D eigenvalue weighted by atomic mass is 35.5. The van der Waals surface area contributed by atoms with Gasteiger partial charge in [0.05, 0.1) is 17.8 Å². The highest BCUT2D eigenvalue weighted by Gasteiger charge is 2.32. The van der Waals surface area contributed by atoms with Crippen molar-refractivity contribution >= 4 is 23.3 Å². The van der Waals surface area contributed by atoms with E-state index in [1.807, 2.05) is 32.0 Å². The first-order valence-electron chi connectivity index (χ1n) is 8.95. The number of hydrogen-bond donors (Lipinski definition) is 2. The fourth-order valence-corrected chi connectivity index (χ4v) is 3.45. The summed E-state index contributed by atoms with van der Waals surface area (Å²) in [5.74, 6) is 0.911. The van der Waals surface area contributed by atoms with Crippen molar-refractivity contribution in [2.24, 2.45) is 0 Å². The summed E-state index contributed by atoms with van der Waals surface area (Å²) in [7, 11) is 0. The van der Waals surface area contributed by atoms with Crippen LogP contribution in [-0.2, 0) is 11.2 Å². The van der Waals surface area contributed by atoms with Gasteiger partial charge < -0.3 is 19.9 Å². The van der Waals surface area contributed by atoms with E-state index >= 15 is 0 Å². The summed E-state index contributed by atoms with van der Waals surface area (Å²) >= 11 is 6.04.